The summed E-state index contributed by atoms with van der Waals surface area (Å²) >= 11 is 3.46. The zero-order valence-electron chi connectivity index (χ0n) is 19.5. The number of urea groups is 1. The molecule has 1 unspecified atom stereocenters. The van der Waals surface area contributed by atoms with E-state index in [1.807, 2.05) is 87.5 Å². The third-order valence-electron chi connectivity index (χ3n) is 5.72. The van der Waals surface area contributed by atoms with Crippen molar-refractivity contribution in [1.82, 2.24) is 14.5 Å². The van der Waals surface area contributed by atoms with Crippen molar-refractivity contribution in [3.63, 3.8) is 0 Å². The molecule has 4 rings (SSSR count). The number of anilines is 1. The number of nitrogens with one attached hydrogen (secondary N) is 1. The Morgan fingerprint density at radius 1 is 1.09 bits per heavy atom. The van der Waals surface area contributed by atoms with Gasteiger partial charge in [-0.1, -0.05) is 47.1 Å². The smallest absolute Gasteiger partial charge is 0.315 e. The van der Waals surface area contributed by atoms with Crippen LogP contribution < -0.4 is 10.9 Å². The molecule has 0 spiro atoms. The molecule has 6 nitrogen and oxygen atoms in total. The molecule has 1 atom stereocenters. The predicted molar refractivity (Wildman–Crippen MR) is 141 cm³/mol. The number of aromatic nitrogens is 2. The molecule has 1 heterocycles. The number of carbonyl (C=O) groups is 1. The Labute approximate surface area is 207 Å². The topological polar surface area (TPSA) is 67.2 Å². The van der Waals surface area contributed by atoms with Crippen LogP contribution >= 0.6 is 15.9 Å². The lowest BCUT2D eigenvalue weighted by molar-refractivity contribution is 0.189. The first-order valence-corrected chi connectivity index (χ1v) is 12.1. The number of aryl methyl sites for hydroxylation is 1. The van der Waals surface area contributed by atoms with Gasteiger partial charge in [-0.05, 0) is 74.4 Å². The Morgan fingerprint density at radius 2 is 1.82 bits per heavy atom. The van der Waals surface area contributed by atoms with Crippen LogP contribution in [0.5, 0.6) is 0 Å². The maximum atomic E-state index is 13.6. The van der Waals surface area contributed by atoms with Gasteiger partial charge >= 0.3 is 6.03 Å². The van der Waals surface area contributed by atoms with Gasteiger partial charge in [-0.3, -0.25) is 9.36 Å². The number of rotatable bonds is 6. The highest BCUT2D eigenvalue weighted by Crippen LogP contribution is 2.25. The van der Waals surface area contributed by atoms with Crippen LogP contribution in [0.25, 0.3) is 16.6 Å². The molecule has 1 aromatic heterocycles. The second-order valence-corrected chi connectivity index (χ2v) is 9.19. The fourth-order valence-electron chi connectivity index (χ4n) is 4.04. The Hall–Kier alpha value is -3.45. The largest absolute Gasteiger partial charge is 0.322 e. The van der Waals surface area contributed by atoms with Crippen molar-refractivity contribution in [2.24, 2.45) is 0 Å². The average molecular weight is 519 g/mol. The second kappa shape index (κ2) is 10.2. The van der Waals surface area contributed by atoms with Gasteiger partial charge in [0.1, 0.15) is 5.82 Å². The summed E-state index contributed by atoms with van der Waals surface area (Å²) in [5, 5.41) is 3.54. The number of fused-ring (bicyclic) bond motifs is 1. The van der Waals surface area contributed by atoms with Crippen molar-refractivity contribution in [3.05, 3.63) is 99.0 Å². The van der Waals surface area contributed by atoms with Gasteiger partial charge in [0.15, 0.2) is 0 Å². The van der Waals surface area contributed by atoms with Crippen LogP contribution in [-0.2, 0) is 0 Å². The molecule has 0 aliphatic rings. The maximum Gasteiger partial charge on any atom is 0.322 e. The summed E-state index contributed by atoms with van der Waals surface area (Å²) in [6.07, 6.45) is 0.766. The van der Waals surface area contributed by atoms with Crippen LogP contribution in [0.15, 0.2) is 82.1 Å². The third-order valence-corrected chi connectivity index (χ3v) is 6.25. The highest BCUT2D eigenvalue weighted by molar-refractivity contribution is 9.10. The minimum absolute atomic E-state index is 0.162. The van der Waals surface area contributed by atoms with Gasteiger partial charge in [0.25, 0.3) is 5.56 Å². The summed E-state index contributed by atoms with van der Waals surface area (Å²) in [6.45, 7) is 6.44. The van der Waals surface area contributed by atoms with Crippen molar-refractivity contribution in [2.45, 2.75) is 33.2 Å². The van der Waals surface area contributed by atoms with E-state index >= 15 is 0 Å². The minimum Gasteiger partial charge on any atom is -0.315 e. The molecule has 4 aromatic rings. The summed E-state index contributed by atoms with van der Waals surface area (Å²) in [5.74, 6) is 0.513. The molecular formula is C27H27BrN4O2. The lowest BCUT2D eigenvalue weighted by atomic mass is 10.1. The van der Waals surface area contributed by atoms with Gasteiger partial charge in [0.05, 0.1) is 22.6 Å². The normalized spacial score (nSPS) is 11.9. The van der Waals surface area contributed by atoms with E-state index in [1.165, 1.54) is 0 Å². The van der Waals surface area contributed by atoms with Gasteiger partial charge in [-0.15, -0.1) is 0 Å². The van der Waals surface area contributed by atoms with E-state index in [9.17, 15) is 9.59 Å². The molecule has 0 fully saturated rings. The Morgan fingerprint density at radius 3 is 2.53 bits per heavy atom. The number of para-hydroxylation sites is 1. The number of amides is 2. The van der Waals surface area contributed by atoms with Crippen molar-refractivity contribution >= 4 is 38.6 Å². The average Bonchev–Trinajstić information content (AvgIpc) is 2.83. The lowest BCUT2D eigenvalue weighted by Gasteiger charge is -2.30. The molecule has 0 saturated heterocycles. The first-order chi connectivity index (χ1) is 16.4. The van der Waals surface area contributed by atoms with E-state index < -0.39 is 6.04 Å². The van der Waals surface area contributed by atoms with Crippen molar-refractivity contribution in [1.29, 1.82) is 0 Å². The van der Waals surface area contributed by atoms with Gasteiger partial charge in [-0.2, -0.15) is 0 Å². The molecule has 174 valence electrons. The summed E-state index contributed by atoms with van der Waals surface area (Å²) in [5.41, 5.74) is 2.94. The fourth-order valence-corrected chi connectivity index (χ4v) is 4.30. The lowest BCUT2D eigenvalue weighted by Crippen LogP contribution is -2.40. The van der Waals surface area contributed by atoms with Crippen LogP contribution in [0.4, 0.5) is 10.5 Å². The summed E-state index contributed by atoms with van der Waals surface area (Å²) < 4.78 is 2.53. The summed E-state index contributed by atoms with van der Waals surface area (Å²) in [6, 6.07) is 21.8. The fraction of sp³-hybridized carbons (Fsp3) is 0.222. The monoisotopic (exact) mass is 518 g/mol. The number of benzene rings is 3. The summed E-state index contributed by atoms with van der Waals surface area (Å²) in [7, 11) is 0. The number of halogens is 1. The molecular weight excluding hydrogens is 492 g/mol. The molecule has 0 aliphatic carbocycles. The first-order valence-electron chi connectivity index (χ1n) is 11.3. The zero-order valence-corrected chi connectivity index (χ0v) is 21.0. The molecule has 0 saturated carbocycles. The quantitative estimate of drug-likeness (QED) is 0.318. The molecule has 0 bridgehead atoms. The number of nitrogens with zero attached hydrogens (tertiary/aromatic N) is 3. The summed E-state index contributed by atoms with van der Waals surface area (Å²) in [4.78, 5) is 33.6. The molecule has 0 radical (unpaired) electrons. The highest BCUT2D eigenvalue weighted by atomic mass is 79.9. The number of hydrogen-bond donors (Lipinski definition) is 1. The second-order valence-electron chi connectivity index (χ2n) is 8.27. The standard InChI is InChI=1S/C27H27BrN4O2/c1-4-16-31(27(34)29-21-9-7-8-18(2)17-21)19(3)25-30-24-11-6-5-10-23(24)26(33)32(25)22-14-12-20(28)13-15-22/h5-15,17,19H,4,16H2,1-3H3,(H,29,34). The van der Waals surface area contributed by atoms with Crippen LogP contribution in [-0.4, -0.2) is 27.0 Å². The van der Waals surface area contributed by atoms with Gasteiger partial charge < -0.3 is 10.2 Å². The van der Waals surface area contributed by atoms with E-state index in [2.05, 4.69) is 21.2 Å². The molecule has 0 aliphatic heterocycles. The van der Waals surface area contributed by atoms with Crippen LogP contribution in [0, 0.1) is 6.92 Å². The van der Waals surface area contributed by atoms with Crippen molar-refractivity contribution in [3.8, 4) is 5.69 Å². The van der Waals surface area contributed by atoms with E-state index in [1.54, 1.807) is 15.5 Å². The molecule has 34 heavy (non-hydrogen) atoms. The number of carbonyl (C=O) groups excluding carboxylic acids is 1. The molecule has 2 amide bonds. The zero-order chi connectivity index (χ0) is 24.2. The Kier molecular flexibility index (Phi) is 7.12. The predicted octanol–water partition coefficient (Wildman–Crippen LogP) is 6.46. The third kappa shape index (κ3) is 4.89. The maximum absolute atomic E-state index is 13.6. The van der Waals surface area contributed by atoms with E-state index in [-0.39, 0.29) is 11.6 Å². The van der Waals surface area contributed by atoms with E-state index in [0.29, 0.717) is 29.0 Å². The SMILES string of the molecule is CCCN(C(=O)Nc1cccc(C)c1)C(C)c1nc2ccccc2c(=O)n1-c1ccc(Br)cc1. The van der Waals surface area contributed by atoms with Crippen LogP contribution in [0.1, 0.15) is 37.7 Å². The molecule has 3 aromatic carbocycles. The minimum atomic E-state index is -0.453. The number of hydrogen-bond acceptors (Lipinski definition) is 3. The van der Waals surface area contributed by atoms with Crippen molar-refractivity contribution in [2.75, 3.05) is 11.9 Å². The van der Waals surface area contributed by atoms with Gasteiger partial charge in [0, 0.05) is 16.7 Å². The van der Waals surface area contributed by atoms with Gasteiger partial charge in [0.2, 0.25) is 0 Å². The first kappa shape index (κ1) is 23.7. The highest BCUT2D eigenvalue weighted by Gasteiger charge is 2.26. The Balaban J connectivity index is 1.82. The van der Waals surface area contributed by atoms with E-state index in [4.69, 9.17) is 4.98 Å². The van der Waals surface area contributed by atoms with Crippen LogP contribution in [0.2, 0.25) is 0 Å². The Bertz CT molecular complexity index is 1380. The van der Waals surface area contributed by atoms with Crippen molar-refractivity contribution < 1.29 is 4.79 Å². The molecule has 7 heteroatoms. The van der Waals surface area contributed by atoms with Gasteiger partial charge in [-0.25, -0.2) is 9.78 Å². The molecule has 1 N–H and O–H groups in total. The van der Waals surface area contributed by atoms with Crippen LogP contribution in [0.3, 0.4) is 0 Å². The van der Waals surface area contributed by atoms with E-state index in [0.717, 1.165) is 22.1 Å².